The standard InChI is InChI=1S/C13H26N4O2S/c1-4-7-17-12(14-15-13(17)20)16(8-10-18-5-2)9-11-19-6-3/h4-11H2,1-3H3,(H,15,20). The zero-order valence-electron chi connectivity index (χ0n) is 12.7. The number of hydrogen-bond acceptors (Lipinski definition) is 5. The second kappa shape index (κ2) is 9.90. The van der Waals surface area contributed by atoms with Gasteiger partial charge in [0.25, 0.3) is 0 Å². The predicted octanol–water partition coefficient (Wildman–Crippen LogP) is 2.23. The van der Waals surface area contributed by atoms with Crippen LogP contribution >= 0.6 is 12.2 Å². The van der Waals surface area contributed by atoms with Crippen LogP contribution in [-0.2, 0) is 16.0 Å². The van der Waals surface area contributed by atoms with Crippen molar-refractivity contribution in [1.82, 2.24) is 14.8 Å². The van der Waals surface area contributed by atoms with Crippen molar-refractivity contribution in [2.75, 3.05) is 44.4 Å². The van der Waals surface area contributed by atoms with Crippen LogP contribution < -0.4 is 4.90 Å². The summed E-state index contributed by atoms with van der Waals surface area (Å²) >= 11 is 5.28. The molecule has 1 N–H and O–H groups in total. The van der Waals surface area contributed by atoms with Gasteiger partial charge in [0.1, 0.15) is 0 Å². The Bertz CT molecular complexity index is 409. The zero-order valence-corrected chi connectivity index (χ0v) is 13.5. The fourth-order valence-corrected chi connectivity index (χ4v) is 2.14. The Morgan fingerprint density at radius 2 is 1.75 bits per heavy atom. The third-order valence-electron chi connectivity index (χ3n) is 2.89. The topological polar surface area (TPSA) is 55.3 Å². The maximum Gasteiger partial charge on any atom is 0.225 e. The second-order valence-corrected chi connectivity index (χ2v) is 4.75. The Morgan fingerprint density at radius 3 is 2.25 bits per heavy atom. The number of rotatable bonds is 11. The minimum Gasteiger partial charge on any atom is -0.380 e. The molecule has 0 aliphatic carbocycles. The van der Waals surface area contributed by atoms with E-state index in [-0.39, 0.29) is 0 Å². The molecule has 0 aromatic carbocycles. The molecule has 0 amide bonds. The van der Waals surface area contributed by atoms with Crippen LogP contribution in [-0.4, -0.2) is 54.3 Å². The molecule has 1 aromatic rings. The number of aromatic amines is 1. The lowest BCUT2D eigenvalue weighted by molar-refractivity contribution is 0.140. The molecule has 116 valence electrons. The zero-order chi connectivity index (χ0) is 14.8. The Hall–Kier alpha value is -0.920. The first-order chi connectivity index (χ1) is 9.74. The number of aromatic nitrogens is 3. The largest absolute Gasteiger partial charge is 0.380 e. The van der Waals surface area contributed by atoms with E-state index < -0.39 is 0 Å². The Balaban J connectivity index is 2.76. The number of H-pyrrole nitrogens is 1. The van der Waals surface area contributed by atoms with Gasteiger partial charge in [-0.1, -0.05) is 6.92 Å². The lowest BCUT2D eigenvalue weighted by Crippen LogP contribution is -2.33. The first-order valence-corrected chi connectivity index (χ1v) is 7.71. The van der Waals surface area contributed by atoms with E-state index in [4.69, 9.17) is 21.7 Å². The van der Waals surface area contributed by atoms with Gasteiger partial charge in [0.15, 0.2) is 4.77 Å². The van der Waals surface area contributed by atoms with Crippen molar-refractivity contribution in [2.45, 2.75) is 33.7 Å². The lowest BCUT2D eigenvalue weighted by Gasteiger charge is -2.23. The number of hydrogen-bond donors (Lipinski definition) is 1. The summed E-state index contributed by atoms with van der Waals surface area (Å²) in [7, 11) is 0. The minimum absolute atomic E-state index is 0.666. The SMILES string of the molecule is CCCn1c(N(CCOCC)CCOCC)n[nH]c1=S. The first-order valence-electron chi connectivity index (χ1n) is 7.30. The van der Waals surface area contributed by atoms with Gasteiger partial charge in [-0.3, -0.25) is 4.57 Å². The van der Waals surface area contributed by atoms with Crippen LogP contribution in [0.3, 0.4) is 0 Å². The van der Waals surface area contributed by atoms with E-state index in [1.165, 1.54) is 0 Å². The highest BCUT2D eigenvalue weighted by atomic mass is 32.1. The maximum absolute atomic E-state index is 5.44. The van der Waals surface area contributed by atoms with Crippen molar-refractivity contribution in [2.24, 2.45) is 0 Å². The van der Waals surface area contributed by atoms with Crippen molar-refractivity contribution in [1.29, 1.82) is 0 Å². The third-order valence-corrected chi connectivity index (χ3v) is 3.20. The fraction of sp³-hybridized carbons (Fsp3) is 0.846. The monoisotopic (exact) mass is 302 g/mol. The van der Waals surface area contributed by atoms with Crippen molar-refractivity contribution in [3.63, 3.8) is 0 Å². The van der Waals surface area contributed by atoms with Gasteiger partial charge in [0.2, 0.25) is 5.95 Å². The van der Waals surface area contributed by atoms with Gasteiger partial charge in [-0.25, -0.2) is 5.10 Å². The molecule has 0 fully saturated rings. The molecule has 0 saturated heterocycles. The van der Waals surface area contributed by atoms with E-state index in [2.05, 4.69) is 22.0 Å². The summed E-state index contributed by atoms with van der Waals surface area (Å²) in [5, 5.41) is 7.23. The maximum atomic E-state index is 5.44. The lowest BCUT2D eigenvalue weighted by atomic mass is 10.4. The average Bonchev–Trinajstić information content (AvgIpc) is 2.80. The number of nitrogens with zero attached hydrogens (tertiary/aromatic N) is 3. The quantitative estimate of drug-likeness (QED) is 0.502. The number of nitrogens with one attached hydrogen (secondary N) is 1. The summed E-state index contributed by atoms with van der Waals surface area (Å²) in [6.07, 6.45) is 1.02. The Kier molecular flexibility index (Phi) is 8.48. The van der Waals surface area contributed by atoms with Crippen LogP contribution in [0.2, 0.25) is 0 Å². The van der Waals surface area contributed by atoms with Gasteiger partial charge in [-0.2, -0.15) is 0 Å². The van der Waals surface area contributed by atoms with E-state index in [0.717, 1.165) is 45.2 Å². The summed E-state index contributed by atoms with van der Waals surface area (Å²) in [6, 6.07) is 0. The van der Waals surface area contributed by atoms with Crippen molar-refractivity contribution in [3.05, 3.63) is 4.77 Å². The molecular weight excluding hydrogens is 276 g/mol. The highest BCUT2D eigenvalue weighted by Gasteiger charge is 2.14. The van der Waals surface area contributed by atoms with Crippen LogP contribution in [0.25, 0.3) is 0 Å². The molecule has 6 nitrogen and oxygen atoms in total. The van der Waals surface area contributed by atoms with Gasteiger partial charge in [0, 0.05) is 32.8 Å². The van der Waals surface area contributed by atoms with Gasteiger partial charge in [-0.15, -0.1) is 5.10 Å². The molecule has 1 rings (SSSR count). The molecule has 0 aliphatic heterocycles. The van der Waals surface area contributed by atoms with Crippen molar-refractivity contribution >= 4 is 18.2 Å². The molecule has 7 heteroatoms. The van der Waals surface area contributed by atoms with Gasteiger partial charge >= 0.3 is 0 Å². The van der Waals surface area contributed by atoms with Crippen LogP contribution in [0.1, 0.15) is 27.2 Å². The first kappa shape index (κ1) is 17.1. The minimum atomic E-state index is 0.666. The summed E-state index contributed by atoms with van der Waals surface area (Å²) < 4.78 is 13.6. The molecular formula is C13H26N4O2S. The number of ether oxygens (including phenoxy) is 2. The van der Waals surface area contributed by atoms with Crippen molar-refractivity contribution in [3.8, 4) is 0 Å². The third kappa shape index (κ3) is 5.22. The summed E-state index contributed by atoms with van der Waals surface area (Å²) in [4.78, 5) is 2.16. The molecule has 0 atom stereocenters. The highest BCUT2D eigenvalue weighted by molar-refractivity contribution is 7.71. The fourth-order valence-electron chi connectivity index (χ4n) is 1.93. The van der Waals surface area contributed by atoms with E-state index in [9.17, 15) is 0 Å². The van der Waals surface area contributed by atoms with Crippen molar-refractivity contribution < 1.29 is 9.47 Å². The summed E-state index contributed by atoms with van der Waals surface area (Å²) in [5.41, 5.74) is 0. The summed E-state index contributed by atoms with van der Waals surface area (Å²) in [5.74, 6) is 0.872. The van der Waals surface area contributed by atoms with E-state index in [1.54, 1.807) is 0 Å². The second-order valence-electron chi connectivity index (χ2n) is 4.36. The molecule has 1 heterocycles. The molecule has 0 saturated carbocycles. The smallest absolute Gasteiger partial charge is 0.225 e. The van der Waals surface area contributed by atoms with Gasteiger partial charge in [-0.05, 0) is 32.5 Å². The molecule has 0 radical (unpaired) electrons. The molecule has 0 aliphatic rings. The molecule has 0 bridgehead atoms. The summed E-state index contributed by atoms with van der Waals surface area (Å²) in [6.45, 7) is 11.3. The molecule has 20 heavy (non-hydrogen) atoms. The highest BCUT2D eigenvalue weighted by Crippen LogP contribution is 2.12. The van der Waals surface area contributed by atoms with E-state index >= 15 is 0 Å². The van der Waals surface area contributed by atoms with Crippen LogP contribution in [0.5, 0.6) is 0 Å². The number of anilines is 1. The van der Waals surface area contributed by atoms with E-state index in [1.807, 2.05) is 18.4 Å². The van der Waals surface area contributed by atoms with E-state index in [0.29, 0.717) is 18.0 Å². The Morgan fingerprint density at radius 1 is 1.15 bits per heavy atom. The van der Waals surface area contributed by atoms with Crippen LogP contribution in [0.15, 0.2) is 0 Å². The average molecular weight is 302 g/mol. The normalized spacial score (nSPS) is 10.9. The molecule has 0 unspecified atom stereocenters. The molecule has 0 spiro atoms. The Labute approximate surface area is 126 Å². The van der Waals surface area contributed by atoms with Gasteiger partial charge < -0.3 is 14.4 Å². The van der Waals surface area contributed by atoms with Crippen LogP contribution in [0.4, 0.5) is 5.95 Å². The van der Waals surface area contributed by atoms with Crippen LogP contribution in [0, 0.1) is 4.77 Å². The van der Waals surface area contributed by atoms with Gasteiger partial charge in [0.05, 0.1) is 13.2 Å². The molecule has 1 aromatic heterocycles. The predicted molar refractivity (Wildman–Crippen MR) is 82.9 cm³/mol.